The summed E-state index contributed by atoms with van der Waals surface area (Å²) in [5, 5.41) is 11.0. The van der Waals surface area contributed by atoms with Crippen molar-refractivity contribution in [1.29, 1.82) is 0 Å². The molecule has 0 aromatic heterocycles. The first kappa shape index (κ1) is 50.1. The molecule has 0 spiro atoms. The molecule has 0 bridgehead atoms. The first-order chi connectivity index (χ1) is 27.8. The van der Waals surface area contributed by atoms with E-state index in [0.29, 0.717) is 32.1 Å². The van der Waals surface area contributed by atoms with Crippen molar-refractivity contribution in [3.05, 3.63) is 70.8 Å². The Bertz CT molecular complexity index is 1820. The lowest BCUT2D eigenvalue weighted by molar-refractivity contribution is -0.142. The summed E-state index contributed by atoms with van der Waals surface area (Å²) in [6, 6.07) is 12.5. The fraction of sp³-hybridized carbons (Fsp3) is 0.581. The second-order valence-corrected chi connectivity index (χ2v) is 20.7. The van der Waals surface area contributed by atoms with Gasteiger partial charge in [-0.05, 0) is 93.1 Å². The van der Waals surface area contributed by atoms with Crippen molar-refractivity contribution < 1.29 is 28.8 Å². The quantitative estimate of drug-likeness (QED) is 0.183. The molecular weight excluding hydrogens is 860 g/mol. The van der Waals surface area contributed by atoms with E-state index in [-0.39, 0.29) is 69.7 Å². The molecule has 4 aliphatic heterocycles. The number of halogens is 2. The summed E-state index contributed by atoms with van der Waals surface area (Å²) >= 11 is 3.29. The van der Waals surface area contributed by atoms with Crippen LogP contribution in [0.5, 0.6) is 0 Å². The Morgan fingerprint density at radius 1 is 0.656 bits per heavy atom. The number of thioether (sulfide) groups is 2. The number of hydrogen-bond acceptors (Lipinski definition) is 10. The zero-order chi connectivity index (χ0) is 43.1. The van der Waals surface area contributed by atoms with Gasteiger partial charge >= 0.3 is 0 Å². The highest BCUT2D eigenvalue weighted by atomic mass is 35.5. The normalized spacial score (nSPS) is 28.7. The van der Waals surface area contributed by atoms with Crippen LogP contribution in [0.25, 0.3) is 0 Å². The van der Waals surface area contributed by atoms with Crippen molar-refractivity contribution in [3.8, 4) is 0 Å². The number of nitrogens with two attached hydrogens (primary N) is 2. The van der Waals surface area contributed by atoms with Gasteiger partial charge in [-0.1, -0.05) is 76.2 Å². The van der Waals surface area contributed by atoms with Gasteiger partial charge in [0.25, 0.3) is 0 Å². The predicted octanol–water partition coefficient (Wildman–Crippen LogP) is 3.54. The van der Waals surface area contributed by atoms with Gasteiger partial charge in [0, 0.05) is 10.5 Å². The molecule has 0 aliphatic carbocycles. The summed E-state index contributed by atoms with van der Waals surface area (Å²) in [4.78, 5) is 82.9. The van der Waals surface area contributed by atoms with Gasteiger partial charge in [-0.25, -0.2) is 0 Å². The Kier molecular flexibility index (Phi) is 16.3. The van der Waals surface area contributed by atoms with Crippen LogP contribution < -0.4 is 32.7 Å². The van der Waals surface area contributed by atoms with E-state index in [2.05, 4.69) is 69.8 Å². The summed E-state index contributed by atoms with van der Waals surface area (Å²) in [7, 11) is 3.37. The number of benzene rings is 2. The third kappa shape index (κ3) is 10.5. The Labute approximate surface area is 380 Å². The maximum atomic E-state index is 14.1. The topological polar surface area (TPSA) is 209 Å². The standard InChI is InChI=1S/C43H60N8O6S2.2ClH/c1-22(46-7)38(54)48-28-18-30(58-32-20-42(3,4)34(36(44)52)50(32)40(28)56)26-13-9-24(10-14-26)17-25-11-15-27(16-12-25)31-19-29(49-39(55)23(2)47-8)41(57)51-33(59-31)21-43(5,6)35(51)37(45)53;;/h9-16,22-23,28-35,46-47H,17-21H2,1-8H3,(H2,44,52)(H2,45,53)(H,48,54)(H,49,55);2*1H. The van der Waals surface area contributed by atoms with Crippen molar-refractivity contribution in [1.82, 2.24) is 31.1 Å². The number of carbonyl (C=O) groups is 6. The van der Waals surface area contributed by atoms with Crippen LogP contribution in [0, 0.1) is 10.8 Å². The molecule has 14 nitrogen and oxygen atoms in total. The molecule has 10 unspecified atom stereocenters. The van der Waals surface area contributed by atoms with Gasteiger partial charge in [-0.3, -0.25) is 28.8 Å². The van der Waals surface area contributed by atoms with Crippen molar-refractivity contribution in [3.63, 3.8) is 0 Å². The Morgan fingerprint density at radius 2 is 0.984 bits per heavy atom. The van der Waals surface area contributed by atoms with Gasteiger partial charge in [-0.2, -0.15) is 0 Å². The van der Waals surface area contributed by atoms with Crippen LogP contribution in [0.2, 0.25) is 0 Å². The van der Waals surface area contributed by atoms with E-state index in [0.717, 1.165) is 22.3 Å². The molecule has 4 heterocycles. The monoisotopic (exact) mass is 920 g/mol. The van der Waals surface area contributed by atoms with Crippen LogP contribution >= 0.6 is 48.3 Å². The summed E-state index contributed by atoms with van der Waals surface area (Å²) in [6.45, 7) is 11.3. The lowest BCUT2D eigenvalue weighted by Gasteiger charge is -2.32. The zero-order valence-electron chi connectivity index (χ0n) is 36.1. The molecule has 10 atom stereocenters. The maximum absolute atomic E-state index is 14.1. The van der Waals surface area contributed by atoms with E-state index >= 15 is 0 Å². The van der Waals surface area contributed by atoms with Crippen molar-refractivity contribution >= 4 is 83.8 Å². The molecule has 4 saturated heterocycles. The van der Waals surface area contributed by atoms with Gasteiger partial charge in [0.15, 0.2) is 0 Å². The first-order valence-corrected chi connectivity index (χ1v) is 22.3. The van der Waals surface area contributed by atoms with Crippen LogP contribution in [-0.4, -0.2) is 106 Å². The second kappa shape index (κ2) is 19.9. The number of rotatable bonds is 12. The molecule has 0 saturated carbocycles. The molecule has 4 fully saturated rings. The number of fused-ring (bicyclic) bond motifs is 2. The van der Waals surface area contributed by atoms with E-state index in [4.69, 9.17) is 11.5 Å². The van der Waals surface area contributed by atoms with Crippen molar-refractivity contribution in [2.24, 2.45) is 22.3 Å². The van der Waals surface area contributed by atoms with Crippen LogP contribution in [0.15, 0.2) is 48.5 Å². The highest BCUT2D eigenvalue weighted by Gasteiger charge is 2.56. The van der Waals surface area contributed by atoms with Gasteiger partial charge in [0.2, 0.25) is 35.4 Å². The van der Waals surface area contributed by atoms with Crippen LogP contribution in [0.1, 0.15) is 100.0 Å². The maximum Gasteiger partial charge on any atom is 0.246 e. The highest BCUT2D eigenvalue weighted by Crippen LogP contribution is 2.53. The van der Waals surface area contributed by atoms with Gasteiger partial charge in [0.1, 0.15) is 24.2 Å². The Balaban J connectivity index is 0.00000410. The fourth-order valence-electron chi connectivity index (χ4n) is 9.16. The largest absolute Gasteiger partial charge is 0.368 e. The van der Waals surface area contributed by atoms with E-state index in [1.54, 1.807) is 61.3 Å². The van der Waals surface area contributed by atoms with Gasteiger partial charge in [-0.15, -0.1) is 48.3 Å². The number of carbonyl (C=O) groups excluding carboxylic acids is 6. The molecule has 61 heavy (non-hydrogen) atoms. The van der Waals surface area contributed by atoms with Gasteiger partial charge < -0.3 is 42.5 Å². The minimum atomic E-state index is -0.823. The summed E-state index contributed by atoms with van der Waals surface area (Å²) in [6.07, 6.45) is 2.61. The number of nitrogens with one attached hydrogen (secondary N) is 4. The minimum Gasteiger partial charge on any atom is -0.368 e. The summed E-state index contributed by atoms with van der Waals surface area (Å²) in [5.41, 5.74) is 15.0. The molecule has 18 heteroatoms. The van der Waals surface area contributed by atoms with E-state index < -0.39 is 58.9 Å². The van der Waals surface area contributed by atoms with E-state index in [1.807, 2.05) is 27.7 Å². The van der Waals surface area contributed by atoms with Crippen LogP contribution in [-0.2, 0) is 35.2 Å². The lowest BCUT2D eigenvalue weighted by Crippen LogP contribution is -2.57. The lowest BCUT2D eigenvalue weighted by atomic mass is 9.84. The number of nitrogens with zero attached hydrogens (tertiary/aromatic N) is 2. The molecule has 2 aromatic carbocycles. The highest BCUT2D eigenvalue weighted by molar-refractivity contribution is 8.00. The number of primary amides is 2. The summed E-state index contributed by atoms with van der Waals surface area (Å²) < 4.78 is 0. The van der Waals surface area contributed by atoms with Crippen molar-refractivity contribution in [2.75, 3.05) is 14.1 Å². The third-order valence-electron chi connectivity index (χ3n) is 12.6. The van der Waals surface area contributed by atoms with Gasteiger partial charge in [0.05, 0.1) is 22.8 Å². The fourth-order valence-corrected chi connectivity index (χ4v) is 12.9. The predicted molar refractivity (Wildman–Crippen MR) is 245 cm³/mol. The minimum absolute atomic E-state index is 0. The molecule has 6 rings (SSSR count). The second-order valence-electron chi connectivity index (χ2n) is 17.9. The Hall–Kier alpha value is -3.54. The molecule has 8 N–H and O–H groups in total. The molecular formula is C43H62Cl2N8O6S2. The molecule has 0 radical (unpaired) electrons. The molecule has 336 valence electrons. The third-order valence-corrected chi connectivity index (χ3v) is 15.6. The number of likely N-dealkylation sites (N-methyl/N-ethyl adjacent to an activating group) is 2. The summed E-state index contributed by atoms with van der Waals surface area (Å²) in [5.74, 6) is -2.24. The van der Waals surface area contributed by atoms with E-state index in [9.17, 15) is 28.8 Å². The zero-order valence-corrected chi connectivity index (χ0v) is 39.3. The average molecular weight is 922 g/mol. The first-order valence-electron chi connectivity index (χ1n) is 20.4. The number of amides is 6. The molecule has 4 aliphatic rings. The average Bonchev–Trinajstić information content (AvgIpc) is 3.52. The van der Waals surface area contributed by atoms with Crippen LogP contribution in [0.3, 0.4) is 0 Å². The number of hydrogen-bond donors (Lipinski definition) is 6. The molecule has 6 amide bonds. The SMILES string of the molecule is CNC(C)C(=O)NC1CC(c2ccc(Cc3ccc(C4CC(NC(=O)C(C)NC)C(=O)N5C(CC(C)(C)C5C(N)=O)S4)cc3)cc2)SC2CC(C)(C)C(C(N)=O)N2C1=O.Cl.Cl. The van der Waals surface area contributed by atoms with E-state index in [1.165, 1.54) is 0 Å². The van der Waals surface area contributed by atoms with Crippen molar-refractivity contribution in [2.45, 2.75) is 131 Å². The Morgan fingerprint density at radius 3 is 1.28 bits per heavy atom. The smallest absolute Gasteiger partial charge is 0.246 e. The molecule has 2 aromatic rings. The van der Waals surface area contributed by atoms with Crippen LogP contribution in [0.4, 0.5) is 0 Å².